The van der Waals surface area contributed by atoms with Crippen LogP contribution in [0.1, 0.15) is 19.8 Å². The van der Waals surface area contributed by atoms with E-state index in [0.717, 1.165) is 12.8 Å². The van der Waals surface area contributed by atoms with Crippen LogP contribution in [0.15, 0.2) is 23.8 Å². The lowest BCUT2D eigenvalue weighted by Gasteiger charge is -2.08. The molecule has 1 heteroatoms. The molecule has 50 valence electrons. The summed E-state index contributed by atoms with van der Waals surface area (Å²) in [6, 6.07) is 0. The van der Waals surface area contributed by atoms with Gasteiger partial charge in [-0.3, -0.25) is 0 Å². The van der Waals surface area contributed by atoms with Gasteiger partial charge in [0, 0.05) is 5.25 Å². The van der Waals surface area contributed by atoms with E-state index in [1.807, 2.05) is 0 Å². The molecule has 1 atom stereocenters. The zero-order valence-electron chi connectivity index (χ0n) is 5.67. The molecule has 9 heavy (non-hydrogen) atoms. The molecule has 0 N–H and O–H groups in total. The van der Waals surface area contributed by atoms with Crippen LogP contribution in [0.25, 0.3) is 0 Å². The minimum atomic E-state index is 0.459. The smallest absolute Gasteiger partial charge is 0.0234 e. The maximum absolute atomic E-state index is 4.31. The first-order valence-electron chi connectivity index (χ1n) is 3.38. The van der Waals surface area contributed by atoms with Crippen LogP contribution in [0.2, 0.25) is 0 Å². The van der Waals surface area contributed by atoms with E-state index in [0.29, 0.717) is 5.25 Å². The first-order valence-corrected chi connectivity index (χ1v) is 3.90. The Balaban J connectivity index is 2.52. The Bertz CT molecular complexity index is 145. The second-order valence-electron chi connectivity index (χ2n) is 2.29. The van der Waals surface area contributed by atoms with Crippen molar-refractivity contribution in [3.8, 4) is 0 Å². The van der Waals surface area contributed by atoms with Gasteiger partial charge in [0.25, 0.3) is 0 Å². The number of hydrogen-bond donors (Lipinski definition) is 1. The van der Waals surface area contributed by atoms with E-state index in [1.54, 1.807) is 0 Å². The highest BCUT2D eigenvalue weighted by Gasteiger charge is 2.00. The number of rotatable bonds is 1. The summed E-state index contributed by atoms with van der Waals surface area (Å²) in [5.41, 5.74) is 1.44. The molecule has 0 bridgehead atoms. The molecule has 0 radical (unpaired) electrons. The normalized spacial score (nSPS) is 26.0. The third-order valence-electron chi connectivity index (χ3n) is 1.56. The lowest BCUT2D eigenvalue weighted by atomic mass is 10.1. The molecule has 0 aromatic rings. The van der Waals surface area contributed by atoms with Crippen molar-refractivity contribution in [2.75, 3.05) is 0 Å². The van der Waals surface area contributed by atoms with Gasteiger partial charge in [0.05, 0.1) is 0 Å². The van der Waals surface area contributed by atoms with Gasteiger partial charge in [-0.05, 0) is 12.8 Å². The lowest BCUT2D eigenvalue weighted by molar-refractivity contribution is 1.00. The molecular formula is C8H12S. The first kappa shape index (κ1) is 6.94. The molecule has 0 aromatic carbocycles. The Labute approximate surface area is 62.1 Å². The van der Waals surface area contributed by atoms with Crippen LogP contribution in [-0.2, 0) is 0 Å². The summed E-state index contributed by atoms with van der Waals surface area (Å²) in [6.07, 6.45) is 8.83. The maximum atomic E-state index is 4.31. The van der Waals surface area contributed by atoms with Crippen molar-refractivity contribution >= 4 is 12.6 Å². The molecule has 0 aromatic heterocycles. The van der Waals surface area contributed by atoms with Gasteiger partial charge in [-0.25, -0.2) is 0 Å². The molecule has 1 rings (SSSR count). The van der Waals surface area contributed by atoms with E-state index in [4.69, 9.17) is 0 Å². The zero-order valence-corrected chi connectivity index (χ0v) is 6.57. The van der Waals surface area contributed by atoms with Crippen molar-refractivity contribution in [1.82, 2.24) is 0 Å². The minimum absolute atomic E-state index is 0.459. The molecule has 0 nitrogen and oxygen atoms in total. The average Bonchev–Trinajstić information content (AvgIpc) is 1.90. The highest BCUT2D eigenvalue weighted by Crippen LogP contribution is 2.16. The molecule has 0 fully saturated rings. The first-order chi connectivity index (χ1) is 4.33. The Hall–Kier alpha value is -0.170. The largest absolute Gasteiger partial charge is 0.171 e. The van der Waals surface area contributed by atoms with E-state index in [1.165, 1.54) is 5.57 Å². The van der Waals surface area contributed by atoms with Crippen LogP contribution in [-0.4, -0.2) is 5.25 Å². The summed E-state index contributed by atoms with van der Waals surface area (Å²) in [4.78, 5) is 0. The van der Waals surface area contributed by atoms with Gasteiger partial charge >= 0.3 is 0 Å². The van der Waals surface area contributed by atoms with Gasteiger partial charge in [-0.2, -0.15) is 12.6 Å². The maximum Gasteiger partial charge on any atom is 0.0234 e. The van der Waals surface area contributed by atoms with Gasteiger partial charge < -0.3 is 0 Å². The van der Waals surface area contributed by atoms with Gasteiger partial charge in [0.2, 0.25) is 0 Å². The second kappa shape index (κ2) is 3.11. The second-order valence-corrected chi connectivity index (χ2v) is 2.96. The van der Waals surface area contributed by atoms with E-state index in [9.17, 15) is 0 Å². The molecule has 0 heterocycles. The van der Waals surface area contributed by atoms with Crippen LogP contribution >= 0.6 is 12.6 Å². The van der Waals surface area contributed by atoms with Crippen molar-refractivity contribution in [2.24, 2.45) is 0 Å². The van der Waals surface area contributed by atoms with Crippen molar-refractivity contribution in [3.63, 3.8) is 0 Å². The lowest BCUT2D eigenvalue weighted by Crippen LogP contribution is -1.96. The topological polar surface area (TPSA) is 0 Å². The third kappa shape index (κ3) is 1.90. The quantitative estimate of drug-likeness (QED) is 0.532. The molecule has 0 aliphatic heterocycles. The van der Waals surface area contributed by atoms with Crippen molar-refractivity contribution in [2.45, 2.75) is 25.0 Å². The molecule has 1 unspecified atom stereocenters. The highest BCUT2D eigenvalue weighted by atomic mass is 32.1. The fourth-order valence-electron chi connectivity index (χ4n) is 0.916. The molecule has 0 amide bonds. The van der Waals surface area contributed by atoms with Gasteiger partial charge in [0.15, 0.2) is 0 Å². The van der Waals surface area contributed by atoms with Gasteiger partial charge in [-0.1, -0.05) is 30.7 Å². The fourth-order valence-corrected chi connectivity index (χ4v) is 1.11. The predicted molar refractivity (Wildman–Crippen MR) is 44.9 cm³/mol. The van der Waals surface area contributed by atoms with E-state index in [2.05, 4.69) is 37.8 Å². The summed E-state index contributed by atoms with van der Waals surface area (Å²) in [5.74, 6) is 0. The standard InChI is InChI=1S/C8H12S/c1-2-7-3-5-8(9)6-4-7/h3-5,8-9H,2,6H2,1H3. The van der Waals surface area contributed by atoms with Crippen LogP contribution in [0, 0.1) is 0 Å². The van der Waals surface area contributed by atoms with Crippen LogP contribution in [0.3, 0.4) is 0 Å². The Morgan fingerprint density at radius 3 is 3.00 bits per heavy atom. The van der Waals surface area contributed by atoms with Crippen LogP contribution in [0.5, 0.6) is 0 Å². The minimum Gasteiger partial charge on any atom is -0.171 e. The van der Waals surface area contributed by atoms with Crippen molar-refractivity contribution in [1.29, 1.82) is 0 Å². The zero-order chi connectivity index (χ0) is 6.69. The summed E-state index contributed by atoms with van der Waals surface area (Å²) in [5, 5.41) is 0.459. The number of thiol groups is 1. The molecule has 0 spiro atoms. The third-order valence-corrected chi connectivity index (χ3v) is 1.95. The van der Waals surface area contributed by atoms with Crippen molar-refractivity contribution in [3.05, 3.63) is 23.8 Å². The summed E-state index contributed by atoms with van der Waals surface area (Å²) >= 11 is 4.31. The highest BCUT2D eigenvalue weighted by molar-refractivity contribution is 7.81. The molecule has 1 aliphatic rings. The molecule has 0 saturated carbocycles. The van der Waals surface area contributed by atoms with E-state index >= 15 is 0 Å². The molecule has 1 aliphatic carbocycles. The monoisotopic (exact) mass is 140 g/mol. The predicted octanol–water partition coefficient (Wildman–Crippen LogP) is 2.58. The van der Waals surface area contributed by atoms with E-state index < -0.39 is 0 Å². The number of allylic oxidation sites excluding steroid dienone is 3. The summed E-state index contributed by atoms with van der Waals surface area (Å²) in [7, 11) is 0. The number of hydrogen-bond acceptors (Lipinski definition) is 1. The Morgan fingerprint density at radius 2 is 2.56 bits per heavy atom. The summed E-state index contributed by atoms with van der Waals surface area (Å²) < 4.78 is 0. The Kier molecular flexibility index (Phi) is 2.40. The fraction of sp³-hybridized carbons (Fsp3) is 0.500. The SMILES string of the molecule is CCC1=CCC(S)C=C1. The van der Waals surface area contributed by atoms with Gasteiger partial charge in [-0.15, -0.1) is 0 Å². The van der Waals surface area contributed by atoms with Crippen molar-refractivity contribution < 1.29 is 0 Å². The van der Waals surface area contributed by atoms with Crippen LogP contribution < -0.4 is 0 Å². The summed E-state index contributed by atoms with van der Waals surface area (Å²) in [6.45, 7) is 2.18. The molecule has 0 saturated heterocycles. The average molecular weight is 140 g/mol. The van der Waals surface area contributed by atoms with Crippen LogP contribution in [0.4, 0.5) is 0 Å². The van der Waals surface area contributed by atoms with E-state index in [-0.39, 0.29) is 0 Å². The molecular weight excluding hydrogens is 128 g/mol. The Morgan fingerprint density at radius 1 is 1.78 bits per heavy atom. The van der Waals surface area contributed by atoms with Gasteiger partial charge in [0.1, 0.15) is 0 Å².